The van der Waals surface area contributed by atoms with Gasteiger partial charge in [0.15, 0.2) is 0 Å². The number of pyridine rings is 1. The molecule has 0 aliphatic heterocycles. The molecule has 0 fully saturated rings. The molecule has 1 aromatic carbocycles. The van der Waals surface area contributed by atoms with Crippen molar-refractivity contribution in [2.24, 2.45) is 0 Å². The van der Waals surface area contributed by atoms with Gasteiger partial charge in [0.1, 0.15) is 5.82 Å². The zero-order valence-electron chi connectivity index (χ0n) is 11.9. The summed E-state index contributed by atoms with van der Waals surface area (Å²) in [6.45, 7) is 6.63. The van der Waals surface area contributed by atoms with Crippen LogP contribution in [0.3, 0.4) is 0 Å². The van der Waals surface area contributed by atoms with Gasteiger partial charge in [-0.15, -0.1) is 0 Å². The molecule has 2 aromatic rings. The van der Waals surface area contributed by atoms with E-state index in [0.717, 1.165) is 23.5 Å². The van der Waals surface area contributed by atoms with Gasteiger partial charge in [-0.25, -0.2) is 4.39 Å². The van der Waals surface area contributed by atoms with Crippen LogP contribution in [-0.2, 0) is 0 Å². The van der Waals surface area contributed by atoms with Gasteiger partial charge in [0.2, 0.25) is 0 Å². The van der Waals surface area contributed by atoms with E-state index >= 15 is 0 Å². The van der Waals surface area contributed by atoms with Crippen LogP contribution in [0.2, 0.25) is 5.02 Å². The van der Waals surface area contributed by atoms with Gasteiger partial charge < -0.3 is 5.32 Å². The Morgan fingerprint density at radius 3 is 2.40 bits per heavy atom. The number of benzene rings is 1. The van der Waals surface area contributed by atoms with Crippen LogP contribution in [0.1, 0.15) is 35.5 Å². The smallest absolute Gasteiger partial charge is 0.129 e. The van der Waals surface area contributed by atoms with E-state index in [4.69, 9.17) is 11.6 Å². The molecule has 1 heterocycles. The number of rotatable bonds is 4. The van der Waals surface area contributed by atoms with Crippen molar-refractivity contribution in [1.82, 2.24) is 10.3 Å². The predicted octanol–water partition coefficient (Wildman–Crippen LogP) is 4.19. The largest absolute Gasteiger partial charge is 0.306 e. The molecule has 0 saturated carbocycles. The maximum Gasteiger partial charge on any atom is 0.129 e. The van der Waals surface area contributed by atoms with Crippen LogP contribution in [0.25, 0.3) is 0 Å². The summed E-state index contributed by atoms with van der Waals surface area (Å²) >= 11 is 5.82. The Hall–Kier alpha value is -1.45. The lowest BCUT2D eigenvalue weighted by molar-refractivity contribution is 0.558. The van der Waals surface area contributed by atoms with Gasteiger partial charge in [-0.2, -0.15) is 0 Å². The minimum absolute atomic E-state index is 0.197. The van der Waals surface area contributed by atoms with Gasteiger partial charge in [0.05, 0.1) is 6.04 Å². The monoisotopic (exact) mass is 292 g/mol. The lowest BCUT2D eigenvalue weighted by Gasteiger charge is -2.20. The minimum Gasteiger partial charge on any atom is -0.306 e. The van der Waals surface area contributed by atoms with Gasteiger partial charge in [-0.1, -0.05) is 24.6 Å². The Morgan fingerprint density at radius 2 is 1.85 bits per heavy atom. The summed E-state index contributed by atoms with van der Waals surface area (Å²) in [5.74, 6) is -0.296. The maximum atomic E-state index is 14.2. The van der Waals surface area contributed by atoms with E-state index in [2.05, 4.69) is 10.3 Å². The van der Waals surface area contributed by atoms with E-state index in [0.29, 0.717) is 10.6 Å². The number of aromatic nitrogens is 1. The van der Waals surface area contributed by atoms with Crippen molar-refractivity contribution in [2.45, 2.75) is 26.8 Å². The molecule has 0 bridgehead atoms. The average Bonchev–Trinajstić information content (AvgIpc) is 2.35. The van der Waals surface area contributed by atoms with E-state index in [9.17, 15) is 4.39 Å². The molecule has 106 valence electrons. The van der Waals surface area contributed by atoms with Crippen LogP contribution in [0.5, 0.6) is 0 Å². The Morgan fingerprint density at radius 1 is 1.20 bits per heavy atom. The molecule has 2 nitrogen and oxygen atoms in total. The third-order valence-electron chi connectivity index (χ3n) is 3.12. The molecule has 1 N–H and O–H groups in total. The SMILES string of the molecule is CCNC(c1cc(C)nc(C)c1)c1ccc(Cl)cc1F. The normalized spacial score (nSPS) is 12.4. The van der Waals surface area contributed by atoms with Crippen LogP contribution >= 0.6 is 11.6 Å². The molecule has 20 heavy (non-hydrogen) atoms. The van der Waals surface area contributed by atoms with E-state index in [1.807, 2.05) is 32.9 Å². The molecule has 0 aliphatic carbocycles. The standard InChI is InChI=1S/C16H18ClFN2/c1-4-19-16(12-7-10(2)20-11(3)8-12)14-6-5-13(17)9-15(14)18/h5-9,16,19H,4H2,1-3H3. The lowest BCUT2D eigenvalue weighted by atomic mass is 9.97. The second kappa shape index (κ2) is 6.33. The molecule has 0 amide bonds. The van der Waals surface area contributed by atoms with Crippen molar-refractivity contribution in [2.75, 3.05) is 6.54 Å². The first-order valence-corrected chi connectivity index (χ1v) is 7.02. The first-order chi connectivity index (χ1) is 9.51. The van der Waals surface area contributed by atoms with Crippen LogP contribution in [0.4, 0.5) is 4.39 Å². The highest BCUT2D eigenvalue weighted by Crippen LogP contribution is 2.27. The molecule has 0 radical (unpaired) electrons. The summed E-state index contributed by atoms with van der Waals surface area (Å²) in [7, 11) is 0. The molecular formula is C16H18ClFN2. The Balaban J connectivity index is 2.49. The average molecular weight is 293 g/mol. The summed E-state index contributed by atoms with van der Waals surface area (Å²) in [6, 6.07) is 8.56. The molecule has 4 heteroatoms. The number of nitrogens with one attached hydrogen (secondary N) is 1. The molecule has 0 aliphatic rings. The van der Waals surface area contributed by atoms with Gasteiger partial charge >= 0.3 is 0 Å². The number of hydrogen-bond donors (Lipinski definition) is 1. The summed E-state index contributed by atoms with van der Waals surface area (Å²) in [5.41, 5.74) is 3.47. The maximum absolute atomic E-state index is 14.2. The molecule has 1 unspecified atom stereocenters. The zero-order chi connectivity index (χ0) is 14.7. The molecular weight excluding hydrogens is 275 g/mol. The Labute approximate surface area is 124 Å². The van der Waals surface area contributed by atoms with Crippen molar-refractivity contribution in [3.05, 3.63) is 63.7 Å². The van der Waals surface area contributed by atoms with E-state index < -0.39 is 0 Å². The summed E-state index contributed by atoms with van der Waals surface area (Å²) in [4.78, 5) is 4.36. The van der Waals surface area contributed by atoms with Crippen LogP contribution in [-0.4, -0.2) is 11.5 Å². The summed E-state index contributed by atoms with van der Waals surface area (Å²) in [6.07, 6.45) is 0. The van der Waals surface area contributed by atoms with Crippen molar-refractivity contribution < 1.29 is 4.39 Å². The highest BCUT2D eigenvalue weighted by atomic mass is 35.5. The van der Waals surface area contributed by atoms with Gasteiger partial charge in [0, 0.05) is 22.0 Å². The highest BCUT2D eigenvalue weighted by molar-refractivity contribution is 6.30. The first-order valence-electron chi connectivity index (χ1n) is 6.64. The lowest BCUT2D eigenvalue weighted by Crippen LogP contribution is -2.23. The fourth-order valence-corrected chi connectivity index (χ4v) is 2.54. The third kappa shape index (κ3) is 3.35. The molecule has 1 atom stereocenters. The topological polar surface area (TPSA) is 24.9 Å². The van der Waals surface area contributed by atoms with Crippen molar-refractivity contribution in [1.29, 1.82) is 0 Å². The van der Waals surface area contributed by atoms with E-state index in [1.54, 1.807) is 12.1 Å². The van der Waals surface area contributed by atoms with E-state index in [-0.39, 0.29) is 11.9 Å². The molecule has 1 aromatic heterocycles. The fraction of sp³-hybridized carbons (Fsp3) is 0.312. The second-order valence-electron chi connectivity index (χ2n) is 4.84. The first kappa shape index (κ1) is 14.9. The Kier molecular flexibility index (Phi) is 4.73. The van der Waals surface area contributed by atoms with Crippen LogP contribution in [0, 0.1) is 19.7 Å². The number of halogens is 2. The number of nitrogens with zero attached hydrogens (tertiary/aromatic N) is 1. The Bertz CT molecular complexity index is 593. The van der Waals surface area contributed by atoms with Crippen LogP contribution in [0.15, 0.2) is 30.3 Å². The fourth-order valence-electron chi connectivity index (χ4n) is 2.38. The molecule has 0 saturated heterocycles. The molecule has 0 spiro atoms. The van der Waals surface area contributed by atoms with Crippen LogP contribution < -0.4 is 5.32 Å². The predicted molar refractivity (Wildman–Crippen MR) is 80.6 cm³/mol. The third-order valence-corrected chi connectivity index (χ3v) is 3.35. The second-order valence-corrected chi connectivity index (χ2v) is 5.28. The van der Waals surface area contributed by atoms with E-state index in [1.165, 1.54) is 6.07 Å². The van der Waals surface area contributed by atoms with Crippen molar-refractivity contribution in [3.63, 3.8) is 0 Å². The quantitative estimate of drug-likeness (QED) is 0.914. The zero-order valence-corrected chi connectivity index (χ0v) is 12.6. The van der Waals surface area contributed by atoms with Crippen molar-refractivity contribution >= 4 is 11.6 Å². The van der Waals surface area contributed by atoms with Gasteiger partial charge in [-0.05, 0) is 50.2 Å². The van der Waals surface area contributed by atoms with Gasteiger partial charge in [-0.3, -0.25) is 4.98 Å². The number of hydrogen-bond acceptors (Lipinski definition) is 2. The number of aryl methyl sites for hydroxylation is 2. The van der Waals surface area contributed by atoms with Gasteiger partial charge in [0.25, 0.3) is 0 Å². The molecule has 2 rings (SSSR count). The van der Waals surface area contributed by atoms with Crippen molar-refractivity contribution in [3.8, 4) is 0 Å². The summed E-state index contributed by atoms with van der Waals surface area (Å²) in [5, 5.41) is 3.73. The minimum atomic E-state index is -0.296. The summed E-state index contributed by atoms with van der Waals surface area (Å²) < 4.78 is 14.2. The highest BCUT2D eigenvalue weighted by Gasteiger charge is 2.18.